The summed E-state index contributed by atoms with van der Waals surface area (Å²) in [6.45, 7) is 3.80. The van der Waals surface area contributed by atoms with Crippen LogP contribution >= 0.6 is 0 Å². The molecule has 0 aliphatic carbocycles. The third-order valence-corrected chi connectivity index (χ3v) is 2.27. The third kappa shape index (κ3) is 4.44. The average Bonchev–Trinajstić information content (AvgIpc) is 2.62. The fourth-order valence-corrected chi connectivity index (χ4v) is 1.50. The molecule has 3 N–H and O–H groups in total. The molecule has 0 saturated carbocycles. The number of anilines is 1. The van der Waals surface area contributed by atoms with Gasteiger partial charge in [-0.05, 0) is 12.3 Å². The van der Waals surface area contributed by atoms with Gasteiger partial charge in [0.05, 0.1) is 11.9 Å². The highest BCUT2D eigenvalue weighted by Gasteiger charge is 2.21. The summed E-state index contributed by atoms with van der Waals surface area (Å²) in [6.07, 6.45) is 3.49. The molecule has 0 aliphatic rings. The molecule has 2 amide bonds. The molecule has 0 aromatic carbocycles. The number of nitrogens with one attached hydrogen (secondary N) is 2. The first-order chi connectivity index (χ1) is 8.38. The lowest BCUT2D eigenvalue weighted by Gasteiger charge is -2.16. The predicted molar refractivity (Wildman–Crippen MR) is 66.2 cm³/mol. The second kappa shape index (κ2) is 6.04. The Morgan fingerprint density at radius 3 is 2.61 bits per heavy atom. The van der Waals surface area contributed by atoms with Gasteiger partial charge in [-0.1, -0.05) is 13.8 Å². The van der Waals surface area contributed by atoms with Crippen LogP contribution in [0.3, 0.4) is 0 Å². The summed E-state index contributed by atoms with van der Waals surface area (Å²) in [6, 6.07) is -1.43. The minimum absolute atomic E-state index is 0.185. The molecule has 1 heterocycles. The number of rotatable bonds is 5. The van der Waals surface area contributed by atoms with E-state index in [1.807, 2.05) is 13.8 Å². The minimum atomic E-state index is -1.04. The minimum Gasteiger partial charge on any atom is -0.480 e. The lowest BCUT2D eigenvalue weighted by atomic mass is 10.0. The van der Waals surface area contributed by atoms with Gasteiger partial charge in [0.2, 0.25) is 0 Å². The van der Waals surface area contributed by atoms with Crippen LogP contribution < -0.4 is 10.6 Å². The highest BCUT2D eigenvalue weighted by molar-refractivity contribution is 5.91. The molecule has 0 unspecified atom stereocenters. The van der Waals surface area contributed by atoms with Gasteiger partial charge in [0.15, 0.2) is 0 Å². The van der Waals surface area contributed by atoms with E-state index in [9.17, 15) is 9.59 Å². The van der Waals surface area contributed by atoms with Gasteiger partial charge in [0.1, 0.15) is 6.04 Å². The number of carboxylic acid groups (broad SMARTS) is 1. The number of carbonyl (C=O) groups is 2. The van der Waals surface area contributed by atoms with Crippen molar-refractivity contribution in [1.82, 2.24) is 15.1 Å². The van der Waals surface area contributed by atoms with Crippen LogP contribution in [0, 0.1) is 5.92 Å². The lowest BCUT2D eigenvalue weighted by Crippen LogP contribution is -2.43. The maximum absolute atomic E-state index is 11.6. The summed E-state index contributed by atoms with van der Waals surface area (Å²) in [5.41, 5.74) is 0.517. The lowest BCUT2D eigenvalue weighted by molar-refractivity contribution is -0.139. The molecule has 0 radical (unpaired) electrons. The number of aliphatic carboxylic acids is 1. The van der Waals surface area contributed by atoms with Crippen LogP contribution in [-0.2, 0) is 11.8 Å². The first-order valence-corrected chi connectivity index (χ1v) is 5.67. The van der Waals surface area contributed by atoms with E-state index in [-0.39, 0.29) is 5.92 Å². The van der Waals surface area contributed by atoms with E-state index in [0.717, 1.165) is 0 Å². The Labute approximate surface area is 105 Å². The molecule has 1 aromatic heterocycles. The van der Waals surface area contributed by atoms with Gasteiger partial charge in [0, 0.05) is 13.2 Å². The van der Waals surface area contributed by atoms with Crippen LogP contribution in [0.1, 0.15) is 20.3 Å². The van der Waals surface area contributed by atoms with Gasteiger partial charge in [-0.2, -0.15) is 5.10 Å². The zero-order valence-corrected chi connectivity index (χ0v) is 10.7. The molecule has 7 nitrogen and oxygen atoms in total. The number of hydrogen-bond acceptors (Lipinski definition) is 3. The van der Waals surface area contributed by atoms with E-state index in [2.05, 4.69) is 15.7 Å². The van der Waals surface area contributed by atoms with E-state index in [0.29, 0.717) is 12.1 Å². The Bertz CT molecular complexity index is 428. The molecule has 100 valence electrons. The summed E-state index contributed by atoms with van der Waals surface area (Å²) < 4.78 is 1.54. The molecule has 0 fully saturated rings. The van der Waals surface area contributed by atoms with Gasteiger partial charge in [-0.25, -0.2) is 9.59 Å². The fourth-order valence-electron chi connectivity index (χ4n) is 1.50. The molecule has 7 heteroatoms. The number of aryl methyl sites for hydroxylation is 1. The van der Waals surface area contributed by atoms with Crippen molar-refractivity contribution in [3.8, 4) is 0 Å². The van der Waals surface area contributed by atoms with Crippen molar-refractivity contribution in [2.75, 3.05) is 5.32 Å². The Balaban J connectivity index is 2.53. The van der Waals surface area contributed by atoms with Gasteiger partial charge >= 0.3 is 12.0 Å². The van der Waals surface area contributed by atoms with E-state index in [1.54, 1.807) is 17.9 Å². The zero-order valence-electron chi connectivity index (χ0n) is 10.7. The van der Waals surface area contributed by atoms with E-state index < -0.39 is 18.0 Å². The van der Waals surface area contributed by atoms with Crippen molar-refractivity contribution in [3.63, 3.8) is 0 Å². The number of hydrogen-bond donors (Lipinski definition) is 3. The molecule has 18 heavy (non-hydrogen) atoms. The smallest absolute Gasteiger partial charge is 0.326 e. The van der Waals surface area contributed by atoms with Crippen LogP contribution in [0.25, 0.3) is 0 Å². The van der Waals surface area contributed by atoms with Crippen molar-refractivity contribution in [1.29, 1.82) is 0 Å². The topological polar surface area (TPSA) is 96.3 Å². The molecular weight excluding hydrogens is 236 g/mol. The summed E-state index contributed by atoms with van der Waals surface area (Å²) in [5.74, 6) is -0.852. The number of nitrogens with zero attached hydrogens (tertiary/aromatic N) is 2. The largest absolute Gasteiger partial charge is 0.480 e. The SMILES string of the molecule is CC(C)C[C@H](NC(=O)Nc1cnn(C)c1)C(=O)O. The molecule has 1 rings (SSSR count). The Morgan fingerprint density at radius 2 is 2.17 bits per heavy atom. The van der Waals surface area contributed by atoms with Gasteiger partial charge in [-0.3, -0.25) is 4.68 Å². The van der Waals surface area contributed by atoms with Crippen LogP contribution in [-0.4, -0.2) is 32.9 Å². The number of carboxylic acids is 1. The summed E-state index contributed by atoms with van der Waals surface area (Å²) in [7, 11) is 1.72. The normalized spacial score (nSPS) is 12.2. The monoisotopic (exact) mass is 254 g/mol. The second-order valence-corrected chi connectivity index (χ2v) is 4.52. The fraction of sp³-hybridized carbons (Fsp3) is 0.545. The number of carbonyl (C=O) groups excluding carboxylic acids is 1. The zero-order chi connectivity index (χ0) is 13.7. The van der Waals surface area contributed by atoms with Gasteiger partial charge < -0.3 is 15.7 Å². The number of urea groups is 1. The highest BCUT2D eigenvalue weighted by Crippen LogP contribution is 2.06. The summed E-state index contributed by atoms with van der Waals surface area (Å²) >= 11 is 0. The van der Waals surface area contributed by atoms with Crippen LogP contribution in [0.4, 0.5) is 10.5 Å². The third-order valence-electron chi connectivity index (χ3n) is 2.27. The van der Waals surface area contributed by atoms with Gasteiger partial charge in [-0.15, -0.1) is 0 Å². The predicted octanol–water partition coefficient (Wildman–Crippen LogP) is 1.04. The Kier molecular flexibility index (Phi) is 4.70. The van der Waals surface area contributed by atoms with Gasteiger partial charge in [0.25, 0.3) is 0 Å². The standard InChI is InChI=1S/C11H18N4O3/c1-7(2)4-9(10(16)17)14-11(18)13-8-5-12-15(3)6-8/h5-7,9H,4H2,1-3H3,(H,16,17)(H2,13,14,18)/t9-/m0/s1. The van der Waals surface area contributed by atoms with E-state index in [1.165, 1.54) is 6.20 Å². The first-order valence-electron chi connectivity index (χ1n) is 5.67. The van der Waals surface area contributed by atoms with Crippen molar-refractivity contribution in [3.05, 3.63) is 12.4 Å². The molecule has 0 saturated heterocycles. The van der Waals surface area contributed by atoms with Crippen LogP contribution in [0.15, 0.2) is 12.4 Å². The molecular formula is C11H18N4O3. The molecule has 0 spiro atoms. The average molecular weight is 254 g/mol. The summed E-state index contributed by atoms with van der Waals surface area (Å²) in [4.78, 5) is 22.6. The molecule has 1 atom stereocenters. The molecule has 1 aromatic rings. The van der Waals surface area contributed by atoms with Crippen molar-refractivity contribution >= 4 is 17.7 Å². The van der Waals surface area contributed by atoms with Crippen molar-refractivity contribution in [2.24, 2.45) is 13.0 Å². The van der Waals surface area contributed by atoms with Crippen LogP contribution in [0.5, 0.6) is 0 Å². The van der Waals surface area contributed by atoms with Crippen molar-refractivity contribution < 1.29 is 14.7 Å². The maximum atomic E-state index is 11.6. The first kappa shape index (κ1) is 14.0. The van der Waals surface area contributed by atoms with Crippen molar-refractivity contribution in [2.45, 2.75) is 26.3 Å². The number of amides is 2. The second-order valence-electron chi connectivity index (χ2n) is 4.52. The Hall–Kier alpha value is -2.05. The van der Waals surface area contributed by atoms with E-state index >= 15 is 0 Å². The summed E-state index contributed by atoms with van der Waals surface area (Å²) in [5, 5.41) is 17.8. The Morgan fingerprint density at radius 1 is 1.50 bits per heavy atom. The quantitative estimate of drug-likeness (QED) is 0.731. The highest BCUT2D eigenvalue weighted by atomic mass is 16.4. The molecule has 0 aliphatic heterocycles. The maximum Gasteiger partial charge on any atom is 0.326 e. The molecule has 0 bridgehead atoms. The number of aromatic nitrogens is 2. The van der Waals surface area contributed by atoms with Crippen LogP contribution in [0.2, 0.25) is 0 Å². The van der Waals surface area contributed by atoms with E-state index in [4.69, 9.17) is 5.11 Å².